The molecule has 11 rings (SSSR count). The predicted octanol–water partition coefficient (Wildman–Crippen LogP) is 16.1. The monoisotopic (exact) mass is 1130 g/mol. The molecule has 0 radical (unpaired) electrons. The van der Waals surface area contributed by atoms with Gasteiger partial charge in [0.25, 0.3) is 0 Å². The van der Waals surface area contributed by atoms with Crippen molar-refractivity contribution in [2.45, 2.75) is 251 Å². The van der Waals surface area contributed by atoms with E-state index in [1.54, 1.807) is 42.0 Å². The number of aliphatic hydroxyl groups is 3. The van der Waals surface area contributed by atoms with E-state index in [0.29, 0.717) is 76.1 Å². The van der Waals surface area contributed by atoms with E-state index in [1.807, 2.05) is 31.2 Å². The van der Waals surface area contributed by atoms with Gasteiger partial charge in [-0.1, -0.05) is 137 Å². The van der Waals surface area contributed by atoms with Gasteiger partial charge in [0.05, 0.1) is 50.8 Å². The van der Waals surface area contributed by atoms with Gasteiger partial charge in [0.2, 0.25) is 0 Å². The predicted molar refractivity (Wildman–Crippen MR) is 327 cm³/mol. The lowest BCUT2D eigenvalue weighted by molar-refractivity contribution is -0.0462. The zero-order valence-corrected chi connectivity index (χ0v) is 49.7. The molecule has 1 aliphatic heterocycles. The van der Waals surface area contributed by atoms with E-state index in [2.05, 4.69) is 60.6 Å². The standard InChI is InChI=1S/C33H50O4S.C29H42O3S.C4H8O.3CH4/c1-5-24(34)20-31(38(36,37)25-10-8-7-9-11-25)22(3)29-14-15-30-28-13-12-23-21-33(35,6-2)19-17-26(23)27(28)16-18-32(29,30)4;1-4-29(30)17-15-23-21(18-29)10-11-25-24(23)14-16-28(3)26(12-13-27(25)28)20(2)19-33(31,32)22-8-6-5-7-9-22;1-2-4-3-5-4;;;/h7-12,22,24,26-31,34-35H,5-6,13-21H2,1-4H3;5-10,20,23-27,30H,4,11-19H2,1-3H3;4H,2-3H2,1H3;3*1H4/t22-,24+,26-,27+,28+,29+,30-,31?,32+,33-;20-,23+,24-,25-,26-,27+,28-,29+;4-;;;/m011.../s1. The molecule has 79 heavy (non-hydrogen) atoms. The first-order valence-electron chi connectivity index (χ1n) is 30.8. The molecule has 448 valence electrons. The van der Waals surface area contributed by atoms with Crippen LogP contribution in [-0.2, 0) is 24.4 Å². The number of epoxide rings is 1. The molecule has 1 unspecified atom stereocenters. The molecule has 9 aliphatic rings. The molecule has 8 nitrogen and oxygen atoms in total. The van der Waals surface area contributed by atoms with E-state index in [1.165, 1.54) is 63.4 Å². The quantitative estimate of drug-likeness (QED) is 0.125. The molecule has 1 saturated heterocycles. The largest absolute Gasteiger partial charge is 0.393 e. The van der Waals surface area contributed by atoms with Crippen LogP contribution in [-0.4, -0.2) is 73.2 Å². The number of benzene rings is 2. The maximum atomic E-state index is 14.0. The molecule has 0 aromatic heterocycles. The van der Waals surface area contributed by atoms with E-state index in [9.17, 15) is 32.2 Å². The molecule has 0 amide bonds. The molecule has 2 aromatic rings. The smallest absolute Gasteiger partial charge is 0.181 e. The van der Waals surface area contributed by atoms with Gasteiger partial charge in [-0.3, -0.25) is 0 Å². The summed E-state index contributed by atoms with van der Waals surface area (Å²) in [6.07, 6.45) is 26.6. The number of allylic oxidation sites excluding steroid dienone is 2. The van der Waals surface area contributed by atoms with Crippen molar-refractivity contribution in [1.82, 2.24) is 0 Å². The Balaban J connectivity index is 0.000000228. The van der Waals surface area contributed by atoms with Gasteiger partial charge in [0, 0.05) is 0 Å². The third kappa shape index (κ3) is 13.3. The topological polar surface area (TPSA) is 142 Å². The van der Waals surface area contributed by atoms with Gasteiger partial charge < -0.3 is 20.1 Å². The Kier molecular flexibility index (Phi) is 21.9. The Morgan fingerprint density at radius 1 is 0.608 bits per heavy atom. The van der Waals surface area contributed by atoms with Gasteiger partial charge in [-0.05, 0) is 241 Å². The Labute approximate surface area is 483 Å². The van der Waals surface area contributed by atoms with Gasteiger partial charge in [-0.2, -0.15) is 0 Å². The molecule has 2 aromatic carbocycles. The SMILES string of the molecule is C.C.C.CC[C@@H](O)CC([C@@H](C)[C@H]1CC[C@H]2[C@@H]3CC=C4C[C@](O)(CC)CC[C@@H]4[C@H]3CC[C@]12C)S(=O)(=O)c1ccccc1.CC[C@@H]1CO1.CC[C@]1(O)CC[C@H]2C(=CC[C@@H]3[C@@H]2CC[C@]2(C)[C@@H]([C@H](C)CS(=O)(=O)c4ccccc4)CC[C@@H]32)C1. The molecule has 6 saturated carbocycles. The highest BCUT2D eigenvalue weighted by atomic mass is 32.2. The summed E-state index contributed by atoms with van der Waals surface area (Å²) in [4.78, 5) is 0.854. The number of ether oxygens (including phenoxy) is 1. The summed E-state index contributed by atoms with van der Waals surface area (Å²) >= 11 is 0. The molecule has 1 heterocycles. The maximum Gasteiger partial charge on any atom is 0.181 e. The minimum Gasteiger partial charge on any atom is -0.393 e. The Morgan fingerprint density at radius 3 is 1.49 bits per heavy atom. The molecule has 3 N–H and O–H groups in total. The van der Waals surface area contributed by atoms with Gasteiger partial charge in [-0.25, -0.2) is 16.8 Å². The second-order valence-corrected chi connectivity index (χ2v) is 31.3. The number of hydrogen-bond acceptors (Lipinski definition) is 8. The van der Waals surface area contributed by atoms with Gasteiger partial charge >= 0.3 is 0 Å². The molecule has 8 aliphatic carbocycles. The number of aliphatic hydroxyl groups excluding tert-OH is 1. The number of rotatable bonds is 14. The molecule has 10 heteroatoms. The average molecular weight is 1130 g/mol. The fourth-order valence-corrected chi connectivity index (χ4v) is 22.6. The molecule has 19 atom stereocenters. The second kappa shape index (κ2) is 26.3. The lowest BCUT2D eigenvalue weighted by atomic mass is 9.50. The lowest BCUT2D eigenvalue weighted by Gasteiger charge is -2.55. The Hall–Kier alpha value is -2.34. The van der Waals surface area contributed by atoms with Crippen molar-refractivity contribution in [1.29, 1.82) is 0 Å². The lowest BCUT2D eigenvalue weighted by Crippen LogP contribution is -2.49. The van der Waals surface area contributed by atoms with E-state index < -0.39 is 42.2 Å². The highest BCUT2D eigenvalue weighted by Gasteiger charge is 2.60. The molecule has 0 bridgehead atoms. The van der Waals surface area contributed by atoms with E-state index in [4.69, 9.17) is 4.74 Å². The normalized spacial score (nSPS) is 38.4. The van der Waals surface area contributed by atoms with Crippen molar-refractivity contribution >= 4 is 19.7 Å². The maximum absolute atomic E-state index is 14.0. The first-order chi connectivity index (χ1) is 36.1. The molecule has 7 fully saturated rings. The van der Waals surface area contributed by atoms with Crippen LogP contribution in [0.5, 0.6) is 0 Å². The first kappa shape index (κ1) is 65.8. The summed E-state index contributed by atoms with van der Waals surface area (Å²) in [7, 11) is -6.80. The summed E-state index contributed by atoms with van der Waals surface area (Å²) in [5.74, 6) is 6.85. The Morgan fingerprint density at radius 2 is 1.06 bits per heavy atom. The molecule has 0 spiro atoms. The van der Waals surface area contributed by atoms with Crippen LogP contribution < -0.4 is 0 Å². The zero-order valence-electron chi connectivity index (χ0n) is 48.1. The summed E-state index contributed by atoms with van der Waals surface area (Å²) in [6, 6.07) is 17.9. The van der Waals surface area contributed by atoms with Crippen LogP contribution in [0, 0.1) is 81.8 Å². The number of hydrogen-bond donors (Lipinski definition) is 3. The van der Waals surface area contributed by atoms with Crippen LogP contribution in [0.2, 0.25) is 0 Å². The fraction of sp³-hybridized carbons (Fsp3) is 0.768. The minimum absolute atomic E-state index is 0. The van der Waals surface area contributed by atoms with Crippen LogP contribution in [0.4, 0.5) is 0 Å². The summed E-state index contributed by atoms with van der Waals surface area (Å²) in [5, 5.41) is 32.0. The van der Waals surface area contributed by atoms with Crippen molar-refractivity contribution in [3.63, 3.8) is 0 Å². The Bertz CT molecular complexity index is 2560. The van der Waals surface area contributed by atoms with Crippen LogP contribution in [0.25, 0.3) is 0 Å². The molecular weight excluding hydrogens is 1020 g/mol. The van der Waals surface area contributed by atoms with Crippen molar-refractivity contribution < 1.29 is 36.9 Å². The molecular formula is C69H112O8S2. The highest BCUT2D eigenvalue weighted by Crippen LogP contribution is 2.67. The second-order valence-electron chi connectivity index (χ2n) is 27.1. The number of sulfone groups is 2. The summed E-state index contributed by atoms with van der Waals surface area (Å²) in [5.41, 5.74) is 2.50. The van der Waals surface area contributed by atoms with Gasteiger partial charge in [0.1, 0.15) is 0 Å². The van der Waals surface area contributed by atoms with Crippen LogP contribution in [0.1, 0.15) is 213 Å². The third-order valence-corrected chi connectivity index (χ3v) is 27.7. The van der Waals surface area contributed by atoms with Crippen LogP contribution in [0.3, 0.4) is 0 Å². The fourth-order valence-electron chi connectivity index (χ4n) is 18.8. The van der Waals surface area contributed by atoms with Crippen molar-refractivity contribution in [2.24, 2.45) is 81.8 Å². The van der Waals surface area contributed by atoms with Crippen molar-refractivity contribution in [3.8, 4) is 0 Å². The van der Waals surface area contributed by atoms with Crippen LogP contribution >= 0.6 is 0 Å². The zero-order chi connectivity index (χ0) is 54.4. The highest BCUT2D eigenvalue weighted by molar-refractivity contribution is 7.92. The average Bonchev–Trinajstić information content (AvgIpc) is 4.28. The summed E-state index contributed by atoms with van der Waals surface area (Å²) < 4.78 is 59.0. The number of fused-ring (bicyclic) bond motifs is 10. The van der Waals surface area contributed by atoms with Crippen LogP contribution in [0.15, 0.2) is 93.8 Å². The summed E-state index contributed by atoms with van der Waals surface area (Å²) in [6.45, 7) is 18.6. The van der Waals surface area contributed by atoms with Crippen molar-refractivity contribution in [3.05, 3.63) is 84.0 Å². The van der Waals surface area contributed by atoms with Gasteiger partial charge in [0.15, 0.2) is 19.7 Å². The van der Waals surface area contributed by atoms with E-state index in [0.717, 1.165) is 82.7 Å². The van der Waals surface area contributed by atoms with Crippen molar-refractivity contribution in [2.75, 3.05) is 12.4 Å². The third-order valence-electron chi connectivity index (χ3n) is 23.4. The van der Waals surface area contributed by atoms with Gasteiger partial charge in [-0.15, -0.1) is 0 Å². The minimum atomic E-state index is -3.55. The first-order valence-corrected chi connectivity index (χ1v) is 34.0. The van der Waals surface area contributed by atoms with E-state index in [-0.39, 0.29) is 50.7 Å². The van der Waals surface area contributed by atoms with E-state index >= 15 is 0 Å².